The Kier molecular flexibility index (Phi) is 4.05. The van der Waals surface area contributed by atoms with Crippen molar-refractivity contribution >= 4 is 12.1 Å². The summed E-state index contributed by atoms with van der Waals surface area (Å²) in [7, 11) is 0. The molecular weight excluding hydrogens is 282 g/mol. The maximum Gasteiger partial charge on any atom is 0.410 e. The summed E-state index contributed by atoms with van der Waals surface area (Å²) in [5, 5.41) is 9.59. The van der Waals surface area contributed by atoms with Crippen molar-refractivity contribution in [3.63, 3.8) is 0 Å². The first-order valence-electron chi connectivity index (χ1n) is 7.82. The summed E-state index contributed by atoms with van der Waals surface area (Å²) >= 11 is 0. The smallest absolute Gasteiger partial charge is 0.410 e. The number of hydrogen-bond acceptors (Lipinski definition) is 3. The van der Waals surface area contributed by atoms with Gasteiger partial charge in [-0.05, 0) is 24.8 Å². The zero-order chi connectivity index (χ0) is 15.6. The molecule has 1 aromatic rings. The maximum absolute atomic E-state index is 12.3. The molecule has 2 aliphatic rings. The second kappa shape index (κ2) is 5.99. The van der Waals surface area contributed by atoms with Crippen LogP contribution in [-0.4, -0.2) is 34.7 Å². The topological polar surface area (TPSA) is 66.8 Å². The van der Waals surface area contributed by atoms with E-state index in [2.05, 4.69) is 0 Å². The number of amides is 1. The van der Waals surface area contributed by atoms with Crippen LogP contribution >= 0.6 is 0 Å². The molecule has 1 spiro atoms. The van der Waals surface area contributed by atoms with Gasteiger partial charge in [0, 0.05) is 12.0 Å². The Morgan fingerprint density at radius 3 is 2.50 bits per heavy atom. The van der Waals surface area contributed by atoms with Crippen molar-refractivity contribution in [1.29, 1.82) is 0 Å². The first-order chi connectivity index (χ1) is 10.6. The fraction of sp³-hybridized carbons (Fsp3) is 0.529. The van der Waals surface area contributed by atoms with Gasteiger partial charge in [0.25, 0.3) is 0 Å². The number of ether oxygens (including phenoxy) is 1. The van der Waals surface area contributed by atoms with Crippen molar-refractivity contribution in [1.82, 2.24) is 4.90 Å². The summed E-state index contributed by atoms with van der Waals surface area (Å²) in [5.74, 6) is -0.906. The highest BCUT2D eigenvalue weighted by Gasteiger charge is 2.54. The van der Waals surface area contributed by atoms with Gasteiger partial charge in [-0.3, -0.25) is 4.90 Å². The van der Waals surface area contributed by atoms with E-state index in [9.17, 15) is 14.7 Å². The highest BCUT2D eigenvalue weighted by atomic mass is 16.6. The summed E-state index contributed by atoms with van der Waals surface area (Å²) in [6.07, 6.45) is 4.15. The molecule has 1 heterocycles. The SMILES string of the molecule is O=C(O)C1N(C(=O)OCc2ccccc2)CCC12CCCC2. The van der Waals surface area contributed by atoms with Gasteiger partial charge in [0.15, 0.2) is 0 Å². The molecule has 1 aromatic carbocycles. The molecule has 22 heavy (non-hydrogen) atoms. The molecule has 3 rings (SSSR count). The van der Waals surface area contributed by atoms with Crippen LogP contribution < -0.4 is 0 Å². The molecule has 1 unspecified atom stereocenters. The molecule has 0 bridgehead atoms. The summed E-state index contributed by atoms with van der Waals surface area (Å²) in [6, 6.07) is 8.68. The lowest BCUT2D eigenvalue weighted by atomic mass is 9.79. The first kappa shape index (κ1) is 14.9. The molecule has 1 aliphatic carbocycles. The van der Waals surface area contributed by atoms with E-state index in [4.69, 9.17) is 4.74 Å². The van der Waals surface area contributed by atoms with E-state index >= 15 is 0 Å². The molecule has 1 saturated heterocycles. The molecule has 0 radical (unpaired) electrons. The van der Waals surface area contributed by atoms with E-state index in [0.717, 1.165) is 37.7 Å². The molecule has 1 aliphatic heterocycles. The van der Waals surface area contributed by atoms with Crippen molar-refractivity contribution in [2.45, 2.75) is 44.8 Å². The number of benzene rings is 1. The largest absolute Gasteiger partial charge is 0.480 e. The Labute approximate surface area is 129 Å². The number of carbonyl (C=O) groups is 2. The third-order valence-corrected chi connectivity index (χ3v) is 5.02. The average molecular weight is 303 g/mol. The Morgan fingerprint density at radius 1 is 1.18 bits per heavy atom. The van der Waals surface area contributed by atoms with Crippen molar-refractivity contribution in [3.05, 3.63) is 35.9 Å². The summed E-state index contributed by atoms with van der Waals surface area (Å²) in [6.45, 7) is 0.653. The molecule has 5 nitrogen and oxygen atoms in total. The third kappa shape index (κ3) is 2.67. The van der Waals surface area contributed by atoms with Gasteiger partial charge in [0.05, 0.1) is 0 Å². The number of nitrogens with zero attached hydrogens (tertiary/aromatic N) is 1. The molecule has 1 atom stereocenters. The lowest BCUT2D eigenvalue weighted by Crippen LogP contribution is -2.47. The molecule has 5 heteroatoms. The highest BCUT2D eigenvalue weighted by Crippen LogP contribution is 2.50. The number of carboxylic acids is 1. The van der Waals surface area contributed by atoms with Crippen LogP contribution in [0, 0.1) is 5.41 Å². The summed E-state index contributed by atoms with van der Waals surface area (Å²) in [4.78, 5) is 25.4. The number of aliphatic carboxylic acids is 1. The van der Waals surface area contributed by atoms with E-state index < -0.39 is 18.1 Å². The van der Waals surface area contributed by atoms with Crippen molar-refractivity contribution in [3.8, 4) is 0 Å². The molecule has 1 amide bonds. The van der Waals surface area contributed by atoms with Crippen LogP contribution in [0.3, 0.4) is 0 Å². The van der Waals surface area contributed by atoms with Gasteiger partial charge in [-0.2, -0.15) is 0 Å². The zero-order valence-corrected chi connectivity index (χ0v) is 12.5. The van der Waals surface area contributed by atoms with E-state index in [-0.39, 0.29) is 12.0 Å². The molecular formula is C17H21NO4. The van der Waals surface area contributed by atoms with Gasteiger partial charge in [-0.25, -0.2) is 9.59 Å². The lowest BCUT2D eigenvalue weighted by Gasteiger charge is -2.31. The Bertz CT molecular complexity index is 551. The van der Waals surface area contributed by atoms with Crippen LogP contribution in [0.4, 0.5) is 4.79 Å². The van der Waals surface area contributed by atoms with Crippen LogP contribution in [0.5, 0.6) is 0 Å². The number of carboxylic acid groups (broad SMARTS) is 1. The number of hydrogen-bond donors (Lipinski definition) is 1. The number of carbonyl (C=O) groups excluding carboxylic acids is 1. The van der Waals surface area contributed by atoms with Crippen LogP contribution in [0.2, 0.25) is 0 Å². The van der Waals surface area contributed by atoms with Crippen LogP contribution in [-0.2, 0) is 16.1 Å². The second-order valence-corrected chi connectivity index (χ2v) is 6.29. The van der Waals surface area contributed by atoms with E-state index in [1.807, 2.05) is 30.3 Å². The number of likely N-dealkylation sites (tertiary alicyclic amines) is 1. The quantitative estimate of drug-likeness (QED) is 0.932. The van der Waals surface area contributed by atoms with Gasteiger partial charge < -0.3 is 9.84 Å². The van der Waals surface area contributed by atoms with E-state index in [1.54, 1.807) is 0 Å². The molecule has 0 aromatic heterocycles. The van der Waals surface area contributed by atoms with Crippen molar-refractivity contribution in [2.75, 3.05) is 6.54 Å². The van der Waals surface area contributed by atoms with E-state index in [0.29, 0.717) is 6.54 Å². The summed E-state index contributed by atoms with van der Waals surface area (Å²) < 4.78 is 5.32. The van der Waals surface area contributed by atoms with Crippen LogP contribution in [0.25, 0.3) is 0 Å². The van der Waals surface area contributed by atoms with Gasteiger partial charge >= 0.3 is 12.1 Å². The van der Waals surface area contributed by atoms with Crippen LogP contribution in [0.1, 0.15) is 37.7 Å². The lowest BCUT2D eigenvalue weighted by molar-refractivity contribution is -0.145. The standard InChI is InChI=1S/C17H21NO4/c19-15(20)14-17(8-4-5-9-17)10-11-18(14)16(21)22-12-13-6-2-1-3-7-13/h1-3,6-7,14H,4-5,8-12H2,(H,19,20). The fourth-order valence-electron chi connectivity index (χ4n) is 3.94. The van der Waals surface area contributed by atoms with E-state index in [1.165, 1.54) is 4.90 Å². The van der Waals surface area contributed by atoms with Crippen molar-refractivity contribution in [2.24, 2.45) is 5.41 Å². The first-order valence-corrected chi connectivity index (χ1v) is 7.82. The molecule has 118 valence electrons. The normalized spacial score (nSPS) is 22.9. The maximum atomic E-state index is 12.3. The fourth-order valence-corrected chi connectivity index (χ4v) is 3.94. The third-order valence-electron chi connectivity index (χ3n) is 5.02. The zero-order valence-electron chi connectivity index (χ0n) is 12.5. The minimum atomic E-state index is -0.906. The molecule has 1 N–H and O–H groups in total. The van der Waals surface area contributed by atoms with Gasteiger partial charge in [-0.15, -0.1) is 0 Å². The number of rotatable bonds is 3. The Morgan fingerprint density at radius 2 is 1.86 bits per heavy atom. The predicted octanol–water partition coefficient (Wildman–Crippen LogP) is 3.04. The molecule has 1 saturated carbocycles. The van der Waals surface area contributed by atoms with Crippen molar-refractivity contribution < 1.29 is 19.4 Å². The molecule has 2 fully saturated rings. The minimum absolute atomic E-state index is 0.176. The highest BCUT2D eigenvalue weighted by molar-refractivity contribution is 5.82. The summed E-state index contributed by atoms with van der Waals surface area (Å²) in [5.41, 5.74) is 0.662. The Balaban J connectivity index is 1.68. The predicted molar refractivity (Wildman–Crippen MR) is 80.3 cm³/mol. The minimum Gasteiger partial charge on any atom is -0.480 e. The van der Waals surface area contributed by atoms with Gasteiger partial charge in [0.2, 0.25) is 0 Å². The van der Waals surface area contributed by atoms with Crippen LogP contribution in [0.15, 0.2) is 30.3 Å². The average Bonchev–Trinajstić information content (AvgIpc) is 3.14. The van der Waals surface area contributed by atoms with Gasteiger partial charge in [0.1, 0.15) is 12.6 Å². The monoisotopic (exact) mass is 303 g/mol. The second-order valence-electron chi connectivity index (χ2n) is 6.29. The van der Waals surface area contributed by atoms with Gasteiger partial charge in [-0.1, -0.05) is 43.2 Å². The Hall–Kier alpha value is -2.04.